The molecule has 20 heavy (non-hydrogen) atoms. The highest BCUT2D eigenvalue weighted by Crippen LogP contribution is 2.30. The lowest BCUT2D eigenvalue weighted by Gasteiger charge is -2.11. The first-order valence-electron chi connectivity index (χ1n) is 5.71. The fourth-order valence-corrected chi connectivity index (χ4v) is 2.30. The summed E-state index contributed by atoms with van der Waals surface area (Å²) in [6, 6.07) is 8.13. The molecule has 0 unspecified atom stereocenters. The first kappa shape index (κ1) is 15.0. The van der Waals surface area contributed by atoms with Crippen LogP contribution in [0.5, 0.6) is 0 Å². The molecule has 3 N–H and O–H groups in total. The van der Waals surface area contributed by atoms with Crippen LogP contribution in [0.3, 0.4) is 0 Å². The van der Waals surface area contributed by atoms with Crippen LogP contribution in [0.2, 0.25) is 15.1 Å². The minimum atomic E-state index is -0.399. The second kappa shape index (κ2) is 5.92. The molecule has 0 aliphatic heterocycles. The summed E-state index contributed by atoms with van der Waals surface area (Å²) in [6.07, 6.45) is 0. The second-order valence-electron chi connectivity index (χ2n) is 4.24. The molecule has 2 rings (SSSR count). The van der Waals surface area contributed by atoms with Crippen molar-refractivity contribution >= 4 is 52.1 Å². The Morgan fingerprint density at radius 1 is 1.15 bits per heavy atom. The van der Waals surface area contributed by atoms with E-state index in [9.17, 15) is 4.79 Å². The highest BCUT2D eigenvalue weighted by Gasteiger charge is 2.14. The van der Waals surface area contributed by atoms with Crippen LogP contribution in [-0.2, 0) is 0 Å². The Bertz CT molecular complexity index is 686. The number of carbonyl (C=O) groups is 1. The molecule has 6 heteroatoms. The van der Waals surface area contributed by atoms with Crippen molar-refractivity contribution in [3.05, 3.63) is 56.5 Å². The topological polar surface area (TPSA) is 55.1 Å². The quantitative estimate of drug-likeness (QED) is 0.778. The minimum Gasteiger partial charge on any atom is -0.398 e. The third kappa shape index (κ3) is 3.01. The summed E-state index contributed by atoms with van der Waals surface area (Å²) in [6.45, 7) is 1.83. The van der Waals surface area contributed by atoms with E-state index >= 15 is 0 Å². The third-order valence-electron chi connectivity index (χ3n) is 2.77. The Labute approximate surface area is 131 Å². The van der Waals surface area contributed by atoms with E-state index in [1.54, 1.807) is 30.3 Å². The average molecular weight is 330 g/mol. The highest BCUT2D eigenvalue weighted by atomic mass is 35.5. The monoisotopic (exact) mass is 328 g/mol. The van der Waals surface area contributed by atoms with Crippen LogP contribution in [0.15, 0.2) is 30.3 Å². The number of nitrogens with one attached hydrogen (secondary N) is 1. The smallest absolute Gasteiger partial charge is 0.257 e. The maximum Gasteiger partial charge on any atom is 0.257 e. The number of benzene rings is 2. The molecule has 1 amide bonds. The zero-order chi connectivity index (χ0) is 14.9. The predicted molar refractivity (Wildman–Crippen MR) is 85.0 cm³/mol. The van der Waals surface area contributed by atoms with Crippen molar-refractivity contribution in [3.8, 4) is 0 Å². The van der Waals surface area contributed by atoms with Gasteiger partial charge in [0.25, 0.3) is 5.91 Å². The summed E-state index contributed by atoms with van der Waals surface area (Å²) >= 11 is 18.1. The lowest BCUT2D eigenvalue weighted by Crippen LogP contribution is -2.13. The molecule has 0 fully saturated rings. The van der Waals surface area contributed by atoms with Gasteiger partial charge in [-0.3, -0.25) is 4.79 Å². The Kier molecular flexibility index (Phi) is 4.43. The third-order valence-corrected chi connectivity index (χ3v) is 3.91. The first-order chi connectivity index (χ1) is 9.40. The van der Waals surface area contributed by atoms with Crippen LogP contribution in [-0.4, -0.2) is 5.91 Å². The summed E-state index contributed by atoms with van der Waals surface area (Å²) in [5, 5.41) is 3.80. The number of nitrogens with two attached hydrogens (primary N) is 1. The molecule has 104 valence electrons. The standard InChI is InChI=1S/C14H11Cl3N2O/c1-7-5-10(16)12(6-9(7)15)19-14(20)8-3-2-4-11(18)13(8)17/h2-6H,18H2,1H3,(H,19,20). The molecular weight excluding hydrogens is 319 g/mol. The Balaban J connectivity index is 2.33. The van der Waals surface area contributed by atoms with Crippen LogP contribution >= 0.6 is 34.8 Å². The fourth-order valence-electron chi connectivity index (χ4n) is 1.66. The van der Waals surface area contributed by atoms with Gasteiger partial charge >= 0.3 is 0 Å². The Morgan fingerprint density at radius 2 is 1.85 bits per heavy atom. The SMILES string of the molecule is Cc1cc(Cl)c(NC(=O)c2cccc(N)c2Cl)cc1Cl. The Hall–Kier alpha value is -1.42. The van der Waals surface area contributed by atoms with Crippen LogP contribution in [0.1, 0.15) is 15.9 Å². The molecule has 0 aliphatic rings. The molecule has 0 atom stereocenters. The van der Waals surface area contributed by atoms with Crippen molar-refractivity contribution < 1.29 is 4.79 Å². The first-order valence-corrected chi connectivity index (χ1v) is 6.84. The predicted octanol–water partition coefficient (Wildman–Crippen LogP) is 4.79. The zero-order valence-corrected chi connectivity index (χ0v) is 12.8. The van der Waals surface area contributed by atoms with Gasteiger partial charge in [-0.2, -0.15) is 0 Å². The van der Waals surface area contributed by atoms with Crippen molar-refractivity contribution in [2.75, 3.05) is 11.1 Å². The number of rotatable bonds is 2. The van der Waals surface area contributed by atoms with Crippen molar-refractivity contribution in [3.63, 3.8) is 0 Å². The number of carbonyl (C=O) groups excluding carboxylic acids is 1. The molecule has 0 radical (unpaired) electrons. The fraction of sp³-hybridized carbons (Fsp3) is 0.0714. The van der Waals surface area contributed by atoms with E-state index in [0.717, 1.165) is 5.56 Å². The minimum absolute atomic E-state index is 0.208. The molecule has 0 aromatic heterocycles. The molecule has 0 bridgehead atoms. The van der Waals surface area contributed by atoms with Gasteiger partial charge in [0.15, 0.2) is 0 Å². The number of hydrogen-bond donors (Lipinski definition) is 2. The summed E-state index contributed by atoms with van der Waals surface area (Å²) in [5.41, 5.74) is 7.54. The van der Waals surface area contributed by atoms with E-state index in [2.05, 4.69) is 5.32 Å². The van der Waals surface area contributed by atoms with E-state index < -0.39 is 5.91 Å². The maximum atomic E-state index is 12.2. The Morgan fingerprint density at radius 3 is 2.55 bits per heavy atom. The van der Waals surface area contributed by atoms with Crippen LogP contribution < -0.4 is 11.1 Å². The van der Waals surface area contributed by atoms with Crippen LogP contribution in [0.25, 0.3) is 0 Å². The van der Waals surface area contributed by atoms with E-state index in [1.807, 2.05) is 6.92 Å². The van der Waals surface area contributed by atoms with E-state index in [1.165, 1.54) is 0 Å². The van der Waals surface area contributed by atoms with Gasteiger partial charge in [-0.1, -0.05) is 40.9 Å². The molecule has 2 aromatic rings. The number of hydrogen-bond acceptors (Lipinski definition) is 2. The summed E-state index contributed by atoms with van der Waals surface area (Å²) in [7, 11) is 0. The average Bonchev–Trinajstić information content (AvgIpc) is 2.39. The van der Waals surface area contributed by atoms with Crippen molar-refractivity contribution in [2.24, 2.45) is 0 Å². The zero-order valence-electron chi connectivity index (χ0n) is 10.5. The molecule has 0 saturated carbocycles. The van der Waals surface area contributed by atoms with Crippen molar-refractivity contribution in [1.29, 1.82) is 0 Å². The van der Waals surface area contributed by atoms with E-state index in [0.29, 0.717) is 21.4 Å². The lowest BCUT2D eigenvalue weighted by atomic mass is 10.1. The molecule has 0 saturated heterocycles. The largest absolute Gasteiger partial charge is 0.398 e. The lowest BCUT2D eigenvalue weighted by molar-refractivity contribution is 0.102. The molecule has 0 heterocycles. The maximum absolute atomic E-state index is 12.2. The number of aryl methyl sites for hydroxylation is 1. The molecule has 3 nitrogen and oxygen atoms in total. The van der Waals surface area contributed by atoms with Gasteiger partial charge < -0.3 is 11.1 Å². The summed E-state index contributed by atoms with van der Waals surface area (Å²) in [5.74, 6) is -0.399. The van der Waals surface area contributed by atoms with Gasteiger partial charge in [0, 0.05) is 5.02 Å². The van der Waals surface area contributed by atoms with Gasteiger partial charge in [0.05, 0.1) is 27.0 Å². The molecule has 2 aromatic carbocycles. The van der Waals surface area contributed by atoms with Gasteiger partial charge in [-0.25, -0.2) is 0 Å². The molecular formula is C14H11Cl3N2O. The number of amides is 1. The summed E-state index contributed by atoms with van der Waals surface area (Å²) < 4.78 is 0. The summed E-state index contributed by atoms with van der Waals surface area (Å²) in [4.78, 5) is 12.2. The normalized spacial score (nSPS) is 10.4. The van der Waals surface area contributed by atoms with Gasteiger partial charge in [0.2, 0.25) is 0 Å². The van der Waals surface area contributed by atoms with Gasteiger partial charge in [-0.15, -0.1) is 0 Å². The second-order valence-corrected chi connectivity index (χ2v) is 5.44. The number of nitrogen functional groups attached to an aromatic ring is 1. The van der Waals surface area contributed by atoms with E-state index in [-0.39, 0.29) is 10.6 Å². The van der Waals surface area contributed by atoms with E-state index in [4.69, 9.17) is 40.5 Å². The van der Waals surface area contributed by atoms with Crippen molar-refractivity contribution in [1.82, 2.24) is 0 Å². The highest BCUT2D eigenvalue weighted by molar-refractivity contribution is 6.38. The number of halogens is 3. The van der Waals surface area contributed by atoms with Crippen molar-refractivity contribution in [2.45, 2.75) is 6.92 Å². The van der Waals surface area contributed by atoms with Gasteiger partial charge in [0.1, 0.15) is 0 Å². The van der Waals surface area contributed by atoms with Crippen LogP contribution in [0, 0.1) is 6.92 Å². The molecule has 0 spiro atoms. The van der Waals surface area contributed by atoms with Crippen LogP contribution in [0.4, 0.5) is 11.4 Å². The molecule has 0 aliphatic carbocycles. The van der Waals surface area contributed by atoms with Gasteiger partial charge in [-0.05, 0) is 36.8 Å². The number of anilines is 2.